The highest BCUT2D eigenvalue weighted by Crippen LogP contribution is 2.18. The zero-order chi connectivity index (χ0) is 7.65. The van der Waals surface area contributed by atoms with Crippen molar-refractivity contribution in [1.82, 2.24) is 0 Å². The highest BCUT2D eigenvalue weighted by atomic mass is 35.5. The lowest BCUT2D eigenvalue weighted by molar-refractivity contribution is -0.142. The fraction of sp³-hybridized carbons (Fsp3) is 0.800. The molecular weight excluding hydrogens is 144 g/mol. The number of hydrogen-bond donors (Lipinski definition) is 2. The van der Waals surface area contributed by atoms with Crippen molar-refractivity contribution in [2.24, 2.45) is 0 Å². The molecule has 0 aromatic rings. The number of aliphatic hydroxyl groups is 1. The molecule has 0 radical (unpaired) electrons. The van der Waals surface area contributed by atoms with E-state index in [1.165, 1.54) is 13.8 Å². The SMILES string of the molecule is CC(O)C(C)(Cl)C(=O)O. The molecule has 0 saturated heterocycles. The molecule has 0 bridgehead atoms. The quantitative estimate of drug-likeness (QED) is 0.565. The average molecular weight is 153 g/mol. The Labute approximate surface area is 58.3 Å². The molecule has 0 rings (SSSR count). The third-order valence-electron chi connectivity index (χ3n) is 1.20. The van der Waals surface area contributed by atoms with Crippen LogP contribution < -0.4 is 0 Å². The van der Waals surface area contributed by atoms with Gasteiger partial charge in [0.2, 0.25) is 0 Å². The normalized spacial score (nSPS) is 20.4. The molecule has 0 aliphatic rings. The minimum atomic E-state index is -1.56. The summed E-state index contributed by atoms with van der Waals surface area (Å²) in [6.07, 6.45) is -1.04. The van der Waals surface area contributed by atoms with E-state index in [0.717, 1.165) is 0 Å². The van der Waals surface area contributed by atoms with Crippen LogP contribution in [0.1, 0.15) is 13.8 Å². The molecule has 9 heavy (non-hydrogen) atoms. The van der Waals surface area contributed by atoms with Gasteiger partial charge in [0.05, 0.1) is 6.10 Å². The second-order valence-corrected chi connectivity index (χ2v) is 2.84. The summed E-state index contributed by atoms with van der Waals surface area (Å²) in [6.45, 7) is 2.59. The molecule has 0 aromatic carbocycles. The first kappa shape index (κ1) is 8.72. The molecule has 3 nitrogen and oxygen atoms in total. The van der Waals surface area contributed by atoms with E-state index < -0.39 is 16.9 Å². The van der Waals surface area contributed by atoms with Gasteiger partial charge in [-0.3, -0.25) is 4.79 Å². The Kier molecular flexibility index (Phi) is 2.46. The standard InChI is InChI=1S/C5H9ClO3/c1-3(7)5(2,6)4(8)9/h3,7H,1-2H3,(H,8,9). The molecule has 0 amide bonds. The Balaban J connectivity index is 4.19. The minimum Gasteiger partial charge on any atom is -0.480 e. The number of aliphatic carboxylic acids is 1. The molecule has 4 heteroatoms. The second kappa shape index (κ2) is 2.54. The lowest BCUT2D eigenvalue weighted by Crippen LogP contribution is -2.39. The fourth-order valence-electron chi connectivity index (χ4n) is 0.179. The molecule has 0 fully saturated rings. The Hall–Kier alpha value is -0.280. The topological polar surface area (TPSA) is 57.5 Å². The van der Waals surface area contributed by atoms with Gasteiger partial charge in [-0.05, 0) is 13.8 Å². The molecule has 2 atom stereocenters. The Morgan fingerprint density at radius 3 is 2.11 bits per heavy atom. The summed E-state index contributed by atoms with van der Waals surface area (Å²) in [5.74, 6) is -1.21. The number of alkyl halides is 1. The number of hydrogen-bond acceptors (Lipinski definition) is 2. The first-order valence-corrected chi connectivity index (χ1v) is 2.87. The smallest absolute Gasteiger partial charge is 0.327 e. The van der Waals surface area contributed by atoms with Crippen molar-refractivity contribution >= 4 is 17.6 Å². The first-order chi connectivity index (χ1) is 3.89. The van der Waals surface area contributed by atoms with Crippen LogP contribution in [0.25, 0.3) is 0 Å². The zero-order valence-corrected chi connectivity index (χ0v) is 6.01. The van der Waals surface area contributed by atoms with E-state index in [2.05, 4.69) is 0 Å². The van der Waals surface area contributed by atoms with Crippen LogP contribution in [0, 0.1) is 0 Å². The second-order valence-electron chi connectivity index (χ2n) is 2.06. The van der Waals surface area contributed by atoms with Crippen LogP contribution in [0.3, 0.4) is 0 Å². The van der Waals surface area contributed by atoms with Crippen molar-refractivity contribution in [3.8, 4) is 0 Å². The molecule has 0 aliphatic carbocycles. The zero-order valence-electron chi connectivity index (χ0n) is 5.26. The maximum Gasteiger partial charge on any atom is 0.327 e. The van der Waals surface area contributed by atoms with Crippen LogP contribution in [0.15, 0.2) is 0 Å². The molecule has 54 valence electrons. The van der Waals surface area contributed by atoms with Crippen molar-refractivity contribution in [2.75, 3.05) is 0 Å². The van der Waals surface area contributed by atoms with Crippen LogP contribution in [-0.4, -0.2) is 27.2 Å². The van der Waals surface area contributed by atoms with E-state index in [4.69, 9.17) is 21.8 Å². The van der Waals surface area contributed by atoms with Gasteiger partial charge >= 0.3 is 5.97 Å². The lowest BCUT2D eigenvalue weighted by atomic mass is 10.1. The lowest BCUT2D eigenvalue weighted by Gasteiger charge is -2.18. The minimum absolute atomic E-state index is 1.04. The number of carboxylic acid groups (broad SMARTS) is 1. The molecule has 0 spiro atoms. The third kappa shape index (κ3) is 1.84. The van der Waals surface area contributed by atoms with Gasteiger partial charge in [-0.25, -0.2) is 0 Å². The van der Waals surface area contributed by atoms with Crippen molar-refractivity contribution in [2.45, 2.75) is 24.8 Å². The molecule has 0 saturated carbocycles. The summed E-state index contributed by atoms with van der Waals surface area (Å²) >= 11 is 5.36. The summed E-state index contributed by atoms with van der Waals surface area (Å²) < 4.78 is 0. The van der Waals surface area contributed by atoms with Gasteiger partial charge < -0.3 is 10.2 Å². The monoisotopic (exact) mass is 152 g/mol. The van der Waals surface area contributed by atoms with E-state index in [1.807, 2.05) is 0 Å². The number of rotatable bonds is 2. The van der Waals surface area contributed by atoms with Gasteiger partial charge in [0.25, 0.3) is 0 Å². The molecule has 0 aromatic heterocycles. The predicted molar refractivity (Wildman–Crippen MR) is 33.6 cm³/mol. The molecular formula is C5H9ClO3. The van der Waals surface area contributed by atoms with E-state index in [0.29, 0.717) is 0 Å². The van der Waals surface area contributed by atoms with Crippen molar-refractivity contribution < 1.29 is 15.0 Å². The van der Waals surface area contributed by atoms with E-state index >= 15 is 0 Å². The summed E-state index contributed by atoms with van der Waals surface area (Å²) in [6, 6.07) is 0. The highest BCUT2D eigenvalue weighted by molar-refractivity contribution is 6.33. The van der Waals surface area contributed by atoms with Crippen LogP contribution in [0.5, 0.6) is 0 Å². The van der Waals surface area contributed by atoms with Crippen LogP contribution in [-0.2, 0) is 4.79 Å². The number of carbonyl (C=O) groups is 1. The summed E-state index contributed by atoms with van der Waals surface area (Å²) in [5.41, 5.74) is 0. The van der Waals surface area contributed by atoms with Crippen molar-refractivity contribution in [3.63, 3.8) is 0 Å². The Morgan fingerprint density at radius 2 is 2.11 bits per heavy atom. The van der Waals surface area contributed by atoms with Gasteiger partial charge in [-0.2, -0.15) is 0 Å². The van der Waals surface area contributed by atoms with Crippen LogP contribution in [0.2, 0.25) is 0 Å². The Morgan fingerprint density at radius 1 is 1.78 bits per heavy atom. The Bertz CT molecular complexity index is 119. The maximum atomic E-state index is 10.2. The van der Waals surface area contributed by atoms with Gasteiger partial charge in [-0.1, -0.05) is 0 Å². The number of halogens is 1. The molecule has 2 N–H and O–H groups in total. The summed E-state index contributed by atoms with van der Waals surface area (Å²) in [5, 5.41) is 17.1. The van der Waals surface area contributed by atoms with E-state index in [9.17, 15) is 4.79 Å². The van der Waals surface area contributed by atoms with Crippen molar-refractivity contribution in [3.05, 3.63) is 0 Å². The van der Waals surface area contributed by atoms with E-state index in [1.54, 1.807) is 0 Å². The highest BCUT2D eigenvalue weighted by Gasteiger charge is 2.35. The third-order valence-corrected chi connectivity index (χ3v) is 1.68. The molecule has 0 heterocycles. The fourth-order valence-corrected chi connectivity index (χ4v) is 0.179. The number of aliphatic hydroxyl groups excluding tert-OH is 1. The van der Waals surface area contributed by atoms with Gasteiger partial charge in [-0.15, -0.1) is 11.6 Å². The van der Waals surface area contributed by atoms with Gasteiger partial charge in [0.1, 0.15) is 0 Å². The summed E-state index contributed by atoms with van der Waals surface area (Å²) in [4.78, 5) is 8.62. The summed E-state index contributed by atoms with van der Waals surface area (Å²) in [7, 11) is 0. The van der Waals surface area contributed by atoms with Crippen LogP contribution in [0.4, 0.5) is 0 Å². The maximum absolute atomic E-state index is 10.2. The molecule has 2 unspecified atom stereocenters. The van der Waals surface area contributed by atoms with Crippen molar-refractivity contribution in [1.29, 1.82) is 0 Å². The van der Waals surface area contributed by atoms with E-state index in [-0.39, 0.29) is 0 Å². The number of carboxylic acids is 1. The largest absolute Gasteiger partial charge is 0.480 e. The average Bonchev–Trinajstić information content (AvgIpc) is 1.65. The predicted octanol–water partition coefficient (Wildman–Crippen LogP) is 0.449. The van der Waals surface area contributed by atoms with Crippen LogP contribution >= 0.6 is 11.6 Å². The van der Waals surface area contributed by atoms with Gasteiger partial charge in [0.15, 0.2) is 4.87 Å². The molecule has 0 aliphatic heterocycles. The van der Waals surface area contributed by atoms with Gasteiger partial charge in [0, 0.05) is 0 Å². The first-order valence-electron chi connectivity index (χ1n) is 2.49.